The summed E-state index contributed by atoms with van der Waals surface area (Å²) in [7, 11) is 3.90. The lowest BCUT2D eigenvalue weighted by atomic mass is 9.86. The Kier molecular flexibility index (Phi) is 19.8. The molecule has 0 fully saturated rings. The van der Waals surface area contributed by atoms with Crippen LogP contribution < -0.4 is 41.6 Å². The van der Waals surface area contributed by atoms with Crippen LogP contribution in [0.25, 0.3) is 22.3 Å². The van der Waals surface area contributed by atoms with Crippen LogP contribution in [-0.4, -0.2) is 137 Å². The summed E-state index contributed by atoms with van der Waals surface area (Å²) in [6.07, 6.45) is 10.5. The highest BCUT2D eigenvalue weighted by Crippen LogP contribution is 2.43. The summed E-state index contributed by atoms with van der Waals surface area (Å²) in [5.74, 6) is -2.03. The Morgan fingerprint density at radius 1 is 0.882 bits per heavy atom. The largest absolute Gasteiger partial charge is 0.458 e. The number of aryl methyl sites for hydroxylation is 1. The highest BCUT2D eigenvalue weighted by Gasteiger charge is 2.45. The SMILES string of the molecule is CC[C@@]1(O)C(=O)OCc2c1cc1n(c2=O)Cc2c-1nc1cc3c(cc1c2CCCCOCNC(=O)CNC(=O)[C@H](CCCCN(C)C)NC(=O)[C@@H](NC(=O)CCCCCNC(=O)c1cnc(SC)nc1)C(C)C)OCO3. The summed E-state index contributed by atoms with van der Waals surface area (Å²) >= 11 is 1.38. The van der Waals surface area contributed by atoms with Crippen molar-refractivity contribution in [2.24, 2.45) is 5.92 Å². The monoisotopic (exact) mass is 1070 g/mol. The van der Waals surface area contributed by atoms with Crippen molar-refractivity contribution in [1.82, 2.24) is 51.0 Å². The summed E-state index contributed by atoms with van der Waals surface area (Å²) in [6.45, 7) is 6.41. The molecule has 5 amide bonds. The van der Waals surface area contributed by atoms with E-state index in [1.54, 1.807) is 17.6 Å². The third-order valence-corrected chi connectivity index (χ3v) is 14.3. The zero-order chi connectivity index (χ0) is 54.5. The summed E-state index contributed by atoms with van der Waals surface area (Å²) in [4.78, 5) is 107. The average Bonchev–Trinajstić information content (AvgIpc) is 4.05. The second kappa shape index (κ2) is 26.4. The highest BCUT2D eigenvalue weighted by atomic mass is 32.2. The van der Waals surface area contributed by atoms with Crippen LogP contribution in [0.15, 0.2) is 40.5 Å². The molecule has 6 N–H and O–H groups in total. The van der Waals surface area contributed by atoms with Crippen molar-refractivity contribution < 1.29 is 52.8 Å². The number of hydrogen-bond acceptors (Lipinski definition) is 17. The van der Waals surface area contributed by atoms with Crippen LogP contribution in [-0.2, 0) is 58.6 Å². The van der Waals surface area contributed by atoms with E-state index in [0.717, 1.165) is 29.5 Å². The molecule has 3 aliphatic rings. The normalized spacial score (nSPS) is 15.9. The minimum atomic E-state index is -1.95. The van der Waals surface area contributed by atoms with Gasteiger partial charge in [-0.2, -0.15) is 0 Å². The molecule has 0 saturated carbocycles. The van der Waals surface area contributed by atoms with Gasteiger partial charge in [-0.25, -0.2) is 19.7 Å². The number of aliphatic hydroxyl groups is 1. The molecule has 22 nitrogen and oxygen atoms in total. The number of cyclic esters (lactones) is 1. The first-order chi connectivity index (χ1) is 36.5. The summed E-state index contributed by atoms with van der Waals surface area (Å²) < 4.78 is 24.0. The van der Waals surface area contributed by atoms with Crippen LogP contribution in [0.2, 0.25) is 0 Å². The Morgan fingerprint density at radius 3 is 2.37 bits per heavy atom. The van der Waals surface area contributed by atoms with Crippen LogP contribution in [0.5, 0.6) is 11.5 Å². The van der Waals surface area contributed by atoms with E-state index in [1.165, 1.54) is 24.2 Å². The number of amides is 5. The number of unbranched alkanes of at least 4 members (excludes halogenated alkanes) is 4. The first-order valence-electron chi connectivity index (χ1n) is 26.0. The number of nitrogens with one attached hydrogen (secondary N) is 5. The number of esters is 1. The van der Waals surface area contributed by atoms with Gasteiger partial charge in [0.15, 0.2) is 22.3 Å². The van der Waals surface area contributed by atoms with Crippen molar-refractivity contribution in [1.29, 1.82) is 0 Å². The topological polar surface area (TPSA) is 284 Å². The van der Waals surface area contributed by atoms with E-state index in [0.29, 0.717) is 104 Å². The Morgan fingerprint density at radius 2 is 1.64 bits per heavy atom. The summed E-state index contributed by atoms with van der Waals surface area (Å²) in [5, 5.41) is 26.6. The molecule has 4 aromatic rings. The van der Waals surface area contributed by atoms with Gasteiger partial charge in [0, 0.05) is 54.5 Å². The minimum Gasteiger partial charge on any atom is -0.458 e. The van der Waals surface area contributed by atoms with E-state index < -0.39 is 41.4 Å². The average molecular weight is 1070 g/mol. The smallest absolute Gasteiger partial charge is 0.343 e. The number of aromatic nitrogens is 4. The molecule has 3 atom stereocenters. The van der Waals surface area contributed by atoms with Crippen molar-refractivity contribution in [3.8, 4) is 22.9 Å². The van der Waals surface area contributed by atoms with E-state index >= 15 is 0 Å². The number of carbonyl (C=O) groups excluding carboxylic acids is 6. The van der Waals surface area contributed by atoms with Gasteiger partial charge < -0.3 is 60.1 Å². The van der Waals surface area contributed by atoms with Crippen LogP contribution in [0.4, 0.5) is 0 Å². The Balaban J connectivity index is 0.865. The van der Waals surface area contributed by atoms with Crippen LogP contribution in [0.3, 0.4) is 0 Å². The fourth-order valence-corrected chi connectivity index (χ4v) is 9.73. The number of benzene rings is 1. The van der Waals surface area contributed by atoms with E-state index in [4.69, 9.17) is 23.9 Å². The zero-order valence-corrected chi connectivity index (χ0v) is 45.0. The number of carbonyl (C=O) groups is 6. The molecule has 0 unspecified atom stereocenters. The maximum absolute atomic E-state index is 13.9. The first kappa shape index (κ1) is 57.0. The molecule has 0 bridgehead atoms. The van der Waals surface area contributed by atoms with E-state index in [9.17, 15) is 38.7 Å². The number of nitrogens with zero attached hydrogens (tertiary/aromatic N) is 5. The van der Waals surface area contributed by atoms with Gasteiger partial charge in [-0.1, -0.05) is 39.0 Å². The fourth-order valence-electron chi connectivity index (χ4n) is 9.42. The van der Waals surface area contributed by atoms with Crippen LogP contribution in [0.1, 0.15) is 118 Å². The number of thioether (sulfide) groups is 1. The van der Waals surface area contributed by atoms with Crippen molar-refractivity contribution in [3.05, 3.63) is 68.8 Å². The Labute approximate surface area is 445 Å². The second-order valence-corrected chi connectivity index (χ2v) is 20.5. The third-order valence-electron chi connectivity index (χ3n) is 13.7. The Bertz CT molecular complexity index is 2840. The molecule has 0 aliphatic carbocycles. The molecule has 76 heavy (non-hydrogen) atoms. The van der Waals surface area contributed by atoms with Gasteiger partial charge in [-0.15, -0.1) is 0 Å². The van der Waals surface area contributed by atoms with Gasteiger partial charge in [0.2, 0.25) is 30.4 Å². The third kappa shape index (κ3) is 13.8. The molecule has 410 valence electrons. The van der Waals surface area contributed by atoms with Gasteiger partial charge in [-0.05, 0) is 108 Å². The molecule has 0 radical (unpaired) electrons. The number of hydrogen-bond donors (Lipinski definition) is 6. The summed E-state index contributed by atoms with van der Waals surface area (Å²) in [5.41, 5.74) is 2.08. The number of pyridine rings is 2. The van der Waals surface area contributed by atoms with Crippen molar-refractivity contribution in [2.45, 2.75) is 127 Å². The second-order valence-electron chi connectivity index (χ2n) is 19.7. The van der Waals surface area contributed by atoms with Gasteiger partial charge in [0.1, 0.15) is 25.4 Å². The molecule has 3 aromatic heterocycles. The quantitative estimate of drug-likeness (QED) is 0.0138. The number of fused-ring (bicyclic) bond motifs is 6. The van der Waals surface area contributed by atoms with Crippen molar-refractivity contribution in [2.75, 3.05) is 60.1 Å². The number of ether oxygens (including phenoxy) is 4. The van der Waals surface area contributed by atoms with Crippen molar-refractivity contribution >= 4 is 58.2 Å². The molecule has 3 aliphatic heterocycles. The Hall–Kier alpha value is -6.69. The van der Waals surface area contributed by atoms with E-state index in [2.05, 4.69) is 36.6 Å². The minimum absolute atomic E-state index is 0.0298. The summed E-state index contributed by atoms with van der Waals surface area (Å²) in [6, 6.07) is 3.54. The molecular weight excluding hydrogens is 1000 g/mol. The van der Waals surface area contributed by atoms with Gasteiger partial charge in [0.25, 0.3) is 11.5 Å². The van der Waals surface area contributed by atoms with Gasteiger partial charge >= 0.3 is 5.97 Å². The molecule has 7 rings (SSSR count). The standard InChI is InChI=1S/C53H70N10O12S/c1-7-53(71)37-22-40-46-35(27-63(40)50(69)36(37)28-73-51(53)70)33(34-21-41-42(75-30-74-41)23-39(34)59-46)15-11-14-20-72-29-58-44(65)26-55-48(67)38(16-10-13-19-62(4)5)60-49(68)45(31(2)3)61-43(64)17-9-8-12-18-54-47(66)32-24-56-52(76-6)57-25-32/h21-25,31,38,45,71H,7-20,26-30H2,1-6H3,(H,54,66)(H,55,67)(H,58,65)(H,60,68)(H,61,64)/t38-,45-,53-/m0/s1. The van der Waals surface area contributed by atoms with Crippen molar-refractivity contribution in [3.63, 3.8) is 0 Å². The van der Waals surface area contributed by atoms with Crippen LogP contribution in [0, 0.1) is 5.92 Å². The predicted octanol–water partition coefficient (Wildman–Crippen LogP) is 3.20. The molecule has 23 heteroatoms. The maximum atomic E-state index is 13.9. The highest BCUT2D eigenvalue weighted by molar-refractivity contribution is 7.98. The first-order valence-corrected chi connectivity index (χ1v) is 27.2. The lowest BCUT2D eigenvalue weighted by molar-refractivity contribution is -0.172. The molecule has 0 spiro atoms. The van der Waals surface area contributed by atoms with E-state index in [-0.39, 0.29) is 80.5 Å². The lowest BCUT2D eigenvalue weighted by Crippen LogP contribution is -2.56. The fraction of sp³-hybridized carbons (Fsp3) is 0.547. The zero-order valence-electron chi connectivity index (χ0n) is 44.1. The maximum Gasteiger partial charge on any atom is 0.343 e. The molecule has 6 heterocycles. The lowest BCUT2D eigenvalue weighted by Gasteiger charge is -2.31. The molecule has 1 aromatic carbocycles. The molecular formula is C53H70N10O12S. The molecule has 0 saturated heterocycles. The van der Waals surface area contributed by atoms with Crippen LogP contribution >= 0.6 is 11.8 Å². The van der Waals surface area contributed by atoms with E-state index in [1.807, 2.05) is 51.2 Å². The van der Waals surface area contributed by atoms with Gasteiger partial charge in [-0.3, -0.25) is 28.8 Å². The number of rotatable bonds is 28. The van der Waals surface area contributed by atoms with Gasteiger partial charge in [0.05, 0.1) is 41.1 Å². The predicted molar refractivity (Wildman–Crippen MR) is 281 cm³/mol.